The van der Waals surface area contributed by atoms with Gasteiger partial charge in [-0.1, -0.05) is 0 Å². The molecule has 0 bridgehead atoms. The summed E-state index contributed by atoms with van der Waals surface area (Å²) in [5, 5.41) is 12.4. The highest BCUT2D eigenvalue weighted by atomic mass is 16.6. The Kier molecular flexibility index (Phi) is 6.07. The number of rotatable bonds is 4. The van der Waals surface area contributed by atoms with Crippen LogP contribution in [0.4, 0.5) is 4.79 Å². The van der Waals surface area contributed by atoms with Crippen LogP contribution in [0, 0.1) is 0 Å². The molecule has 1 rings (SSSR count). The zero-order valence-corrected chi connectivity index (χ0v) is 12.6. The first kappa shape index (κ1) is 16.2. The van der Waals surface area contributed by atoms with Crippen LogP contribution < -0.4 is 5.32 Å². The van der Waals surface area contributed by atoms with Crippen molar-refractivity contribution in [2.75, 3.05) is 19.7 Å². The second-order valence-electron chi connectivity index (χ2n) is 6.32. The van der Waals surface area contributed by atoms with Gasteiger partial charge in [0.2, 0.25) is 0 Å². The molecule has 0 saturated carbocycles. The SMILES string of the molecule is CC(CCO)NC1CCN(C(=O)OC(C)(C)C)CC1. The second kappa shape index (κ2) is 7.10. The molecule has 1 aliphatic rings. The Morgan fingerprint density at radius 1 is 1.42 bits per heavy atom. The lowest BCUT2D eigenvalue weighted by atomic mass is 10.0. The van der Waals surface area contributed by atoms with Crippen molar-refractivity contribution in [2.24, 2.45) is 0 Å². The van der Waals surface area contributed by atoms with Crippen molar-refractivity contribution in [3.63, 3.8) is 0 Å². The maximum Gasteiger partial charge on any atom is 0.410 e. The van der Waals surface area contributed by atoms with Gasteiger partial charge in [0.05, 0.1) is 0 Å². The van der Waals surface area contributed by atoms with Gasteiger partial charge in [0.15, 0.2) is 0 Å². The fourth-order valence-corrected chi connectivity index (χ4v) is 2.23. The number of carbonyl (C=O) groups is 1. The van der Waals surface area contributed by atoms with E-state index in [1.165, 1.54) is 0 Å². The zero-order chi connectivity index (χ0) is 14.5. The number of likely N-dealkylation sites (tertiary alicyclic amines) is 1. The molecule has 5 heteroatoms. The van der Waals surface area contributed by atoms with E-state index in [0.29, 0.717) is 12.1 Å². The minimum Gasteiger partial charge on any atom is -0.444 e. The van der Waals surface area contributed by atoms with E-state index in [4.69, 9.17) is 9.84 Å². The number of amides is 1. The lowest BCUT2D eigenvalue weighted by molar-refractivity contribution is 0.0196. The minimum absolute atomic E-state index is 0.213. The van der Waals surface area contributed by atoms with Crippen molar-refractivity contribution in [1.82, 2.24) is 10.2 Å². The highest BCUT2D eigenvalue weighted by molar-refractivity contribution is 5.68. The number of ether oxygens (including phenoxy) is 1. The average Bonchev–Trinajstić information content (AvgIpc) is 2.27. The highest BCUT2D eigenvalue weighted by Crippen LogP contribution is 2.16. The molecule has 0 aromatic carbocycles. The van der Waals surface area contributed by atoms with Crippen molar-refractivity contribution in [3.05, 3.63) is 0 Å². The van der Waals surface area contributed by atoms with Crippen molar-refractivity contribution in [3.8, 4) is 0 Å². The molecule has 1 atom stereocenters. The van der Waals surface area contributed by atoms with Crippen LogP contribution in [-0.4, -0.2) is 53.5 Å². The fourth-order valence-electron chi connectivity index (χ4n) is 2.23. The predicted octanol–water partition coefficient (Wildman–Crippen LogP) is 1.75. The van der Waals surface area contributed by atoms with E-state index in [0.717, 1.165) is 32.4 Å². The van der Waals surface area contributed by atoms with E-state index in [1.54, 1.807) is 4.90 Å². The molecule has 0 aromatic heterocycles. The van der Waals surface area contributed by atoms with E-state index in [-0.39, 0.29) is 12.7 Å². The van der Waals surface area contributed by atoms with Gasteiger partial charge < -0.3 is 20.1 Å². The molecule has 112 valence electrons. The molecule has 1 aliphatic heterocycles. The van der Waals surface area contributed by atoms with E-state index in [2.05, 4.69) is 12.2 Å². The van der Waals surface area contributed by atoms with Crippen LogP contribution in [0.25, 0.3) is 0 Å². The van der Waals surface area contributed by atoms with Crippen LogP contribution in [0.15, 0.2) is 0 Å². The van der Waals surface area contributed by atoms with Gasteiger partial charge in [0.25, 0.3) is 0 Å². The van der Waals surface area contributed by atoms with E-state index >= 15 is 0 Å². The van der Waals surface area contributed by atoms with Crippen molar-refractivity contribution < 1.29 is 14.6 Å². The summed E-state index contributed by atoms with van der Waals surface area (Å²) >= 11 is 0. The Labute approximate surface area is 116 Å². The average molecular weight is 272 g/mol. The van der Waals surface area contributed by atoms with Gasteiger partial charge in [0, 0.05) is 31.8 Å². The molecule has 1 fully saturated rings. The molecule has 1 unspecified atom stereocenters. The number of hydrogen-bond donors (Lipinski definition) is 2. The summed E-state index contributed by atoms with van der Waals surface area (Å²) in [5.41, 5.74) is -0.429. The summed E-state index contributed by atoms with van der Waals surface area (Å²) in [7, 11) is 0. The summed E-state index contributed by atoms with van der Waals surface area (Å²) in [4.78, 5) is 13.7. The highest BCUT2D eigenvalue weighted by Gasteiger charge is 2.27. The number of aliphatic hydroxyl groups excluding tert-OH is 1. The molecule has 0 aliphatic carbocycles. The van der Waals surface area contributed by atoms with Gasteiger partial charge in [-0.25, -0.2) is 4.79 Å². The van der Waals surface area contributed by atoms with Crippen LogP contribution in [0.2, 0.25) is 0 Å². The maximum atomic E-state index is 11.9. The molecule has 1 amide bonds. The summed E-state index contributed by atoms with van der Waals surface area (Å²) in [6, 6.07) is 0.753. The quantitative estimate of drug-likeness (QED) is 0.818. The van der Waals surface area contributed by atoms with Gasteiger partial charge in [-0.3, -0.25) is 0 Å². The van der Waals surface area contributed by atoms with Gasteiger partial charge in [-0.2, -0.15) is 0 Å². The number of aliphatic hydroxyl groups is 1. The molecule has 19 heavy (non-hydrogen) atoms. The Morgan fingerprint density at radius 3 is 2.47 bits per heavy atom. The van der Waals surface area contributed by atoms with Crippen LogP contribution >= 0.6 is 0 Å². The van der Waals surface area contributed by atoms with Gasteiger partial charge in [0.1, 0.15) is 5.60 Å². The maximum absolute atomic E-state index is 11.9. The van der Waals surface area contributed by atoms with E-state index < -0.39 is 5.60 Å². The van der Waals surface area contributed by atoms with Crippen molar-refractivity contribution in [2.45, 2.75) is 64.6 Å². The predicted molar refractivity (Wildman–Crippen MR) is 75.1 cm³/mol. The van der Waals surface area contributed by atoms with Crippen LogP contribution in [0.3, 0.4) is 0 Å². The lowest BCUT2D eigenvalue weighted by Gasteiger charge is -2.34. The van der Waals surface area contributed by atoms with Crippen LogP contribution in [0.1, 0.15) is 47.0 Å². The first-order valence-electron chi connectivity index (χ1n) is 7.16. The third-order valence-corrected chi connectivity index (χ3v) is 3.23. The van der Waals surface area contributed by atoms with Gasteiger partial charge >= 0.3 is 6.09 Å². The molecule has 0 spiro atoms. The zero-order valence-electron chi connectivity index (χ0n) is 12.6. The number of nitrogens with one attached hydrogen (secondary N) is 1. The standard InChI is InChI=1S/C14H28N2O3/c1-11(7-10-17)15-12-5-8-16(9-6-12)13(18)19-14(2,3)4/h11-12,15,17H,5-10H2,1-4H3. The lowest BCUT2D eigenvalue weighted by Crippen LogP contribution is -2.48. The Morgan fingerprint density at radius 2 is 2.00 bits per heavy atom. The minimum atomic E-state index is -0.429. The molecule has 1 heterocycles. The summed E-state index contributed by atoms with van der Waals surface area (Å²) in [6.07, 6.45) is 2.44. The van der Waals surface area contributed by atoms with Crippen molar-refractivity contribution in [1.29, 1.82) is 0 Å². The molecule has 2 N–H and O–H groups in total. The summed E-state index contributed by atoms with van der Waals surface area (Å²) in [6.45, 7) is 9.42. The number of piperidine rings is 1. The largest absolute Gasteiger partial charge is 0.444 e. The molecule has 1 saturated heterocycles. The molecule has 0 aromatic rings. The summed E-state index contributed by atoms with van der Waals surface area (Å²) < 4.78 is 5.37. The smallest absolute Gasteiger partial charge is 0.410 e. The molecular formula is C14H28N2O3. The van der Waals surface area contributed by atoms with Crippen molar-refractivity contribution >= 4 is 6.09 Å². The normalized spacial score (nSPS) is 19.3. The fraction of sp³-hybridized carbons (Fsp3) is 0.929. The third kappa shape index (κ3) is 6.25. The van der Waals surface area contributed by atoms with E-state index in [1.807, 2.05) is 20.8 Å². The van der Waals surface area contributed by atoms with Crippen LogP contribution in [0.5, 0.6) is 0 Å². The summed E-state index contributed by atoms with van der Waals surface area (Å²) in [5.74, 6) is 0. The first-order chi connectivity index (χ1) is 8.81. The topological polar surface area (TPSA) is 61.8 Å². The first-order valence-corrected chi connectivity index (χ1v) is 7.16. The number of nitrogens with zero attached hydrogens (tertiary/aromatic N) is 1. The second-order valence-corrected chi connectivity index (χ2v) is 6.32. The number of carbonyl (C=O) groups excluding carboxylic acids is 1. The van der Waals surface area contributed by atoms with Gasteiger partial charge in [-0.05, 0) is 47.0 Å². The Balaban J connectivity index is 2.30. The molecule has 5 nitrogen and oxygen atoms in total. The molecule has 0 radical (unpaired) electrons. The Hall–Kier alpha value is -0.810. The Bertz CT molecular complexity index is 281. The monoisotopic (exact) mass is 272 g/mol. The van der Waals surface area contributed by atoms with Crippen LogP contribution in [-0.2, 0) is 4.74 Å². The van der Waals surface area contributed by atoms with Gasteiger partial charge in [-0.15, -0.1) is 0 Å². The third-order valence-electron chi connectivity index (χ3n) is 3.23. The number of hydrogen-bond acceptors (Lipinski definition) is 4. The molecular weight excluding hydrogens is 244 g/mol. The van der Waals surface area contributed by atoms with E-state index in [9.17, 15) is 4.79 Å².